The van der Waals surface area contributed by atoms with Crippen LogP contribution in [0.5, 0.6) is 0 Å². The van der Waals surface area contributed by atoms with Gasteiger partial charge in [-0.1, -0.05) is 6.07 Å². The first-order valence-corrected chi connectivity index (χ1v) is 7.17. The van der Waals surface area contributed by atoms with E-state index < -0.39 is 28.1 Å². The van der Waals surface area contributed by atoms with Gasteiger partial charge in [-0.05, 0) is 12.1 Å². The molecule has 2 aromatic carbocycles. The second-order valence-corrected chi connectivity index (χ2v) is 5.22. The summed E-state index contributed by atoms with van der Waals surface area (Å²) in [6.45, 7) is -0.424. The van der Waals surface area contributed by atoms with Gasteiger partial charge in [0.25, 0.3) is 11.4 Å². The predicted molar refractivity (Wildman–Crippen MR) is 88.9 cm³/mol. The van der Waals surface area contributed by atoms with Gasteiger partial charge in [0, 0.05) is 23.9 Å². The van der Waals surface area contributed by atoms with Gasteiger partial charge in [-0.25, -0.2) is 4.79 Å². The summed E-state index contributed by atoms with van der Waals surface area (Å²) >= 11 is 0. The second kappa shape index (κ2) is 6.47. The topological polar surface area (TPSA) is 151 Å². The van der Waals surface area contributed by atoms with Gasteiger partial charge in [0.15, 0.2) is 5.58 Å². The number of oxazole rings is 1. The third-order valence-corrected chi connectivity index (χ3v) is 3.51. The average Bonchev–Trinajstić information content (AvgIpc) is 2.89. The van der Waals surface area contributed by atoms with Crippen molar-refractivity contribution in [3.63, 3.8) is 0 Å². The molecule has 11 nitrogen and oxygen atoms in total. The van der Waals surface area contributed by atoms with Crippen molar-refractivity contribution in [2.75, 3.05) is 5.32 Å². The Bertz CT molecular complexity index is 1100. The summed E-state index contributed by atoms with van der Waals surface area (Å²) in [7, 11) is 0. The Balaban J connectivity index is 1.84. The van der Waals surface area contributed by atoms with E-state index in [-0.39, 0.29) is 28.2 Å². The van der Waals surface area contributed by atoms with Crippen LogP contribution in [0.1, 0.15) is 0 Å². The summed E-state index contributed by atoms with van der Waals surface area (Å²) in [5.74, 6) is -1.47. The first kappa shape index (κ1) is 16.8. The molecule has 132 valence electrons. The normalized spacial score (nSPS) is 10.6. The molecule has 11 heteroatoms. The molecule has 0 unspecified atom stereocenters. The quantitative estimate of drug-likeness (QED) is 0.541. The van der Waals surface area contributed by atoms with Crippen LogP contribution in [0, 0.1) is 20.2 Å². The molecular weight excluding hydrogens is 348 g/mol. The Kier molecular flexibility index (Phi) is 4.19. The van der Waals surface area contributed by atoms with Gasteiger partial charge in [0.1, 0.15) is 6.54 Å². The molecule has 1 heterocycles. The molecule has 3 rings (SSSR count). The van der Waals surface area contributed by atoms with Crippen LogP contribution in [-0.2, 0) is 11.3 Å². The summed E-state index contributed by atoms with van der Waals surface area (Å²) < 4.78 is 5.93. The third kappa shape index (κ3) is 3.26. The smallest absolute Gasteiger partial charge is 0.407 e. The largest absolute Gasteiger partial charge is 0.420 e. The third-order valence-electron chi connectivity index (χ3n) is 3.51. The van der Waals surface area contributed by atoms with E-state index >= 15 is 0 Å². The van der Waals surface area contributed by atoms with Crippen molar-refractivity contribution in [3.05, 3.63) is 73.2 Å². The van der Waals surface area contributed by atoms with Crippen molar-refractivity contribution in [2.45, 2.75) is 6.54 Å². The molecule has 0 atom stereocenters. The molecule has 0 bridgehead atoms. The number of nitrogens with one attached hydrogen (secondary N) is 1. The van der Waals surface area contributed by atoms with Crippen molar-refractivity contribution in [3.8, 4) is 0 Å². The highest BCUT2D eigenvalue weighted by Crippen LogP contribution is 2.20. The number of hydrogen-bond donors (Lipinski definition) is 1. The molecular formula is C15H10N4O7. The monoisotopic (exact) mass is 358 g/mol. The molecule has 3 aromatic rings. The van der Waals surface area contributed by atoms with E-state index in [1.807, 2.05) is 0 Å². The summed E-state index contributed by atoms with van der Waals surface area (Å²) in [6.07, 6.45) is 0. The number of nitro groups is 2. The highest BCUT2D eigenvalue weighted by Gasteiger charge is 2.16. The maximum absolute atomic E-state index is 12.1. The summed E-state index contributed by atoms with van der Waals surface area (Å²) in [4.78, 5) is 44.3. The minimum absolute atomic E-state index is 0.0210. The van der Waals surface area contributed by atoms with E-state index in [1.165, 1.54) is 36.4 Å². The lowest BCUT2D eigenvalue weighted by Crippen LogP contribution is -2.24. The molecule has 0 radical (unpaired) electrons. The number of benzene rings is 2. The second-order valence-electron chi connectivity index (χ2n) is 5.22. The van der Waals surface area contributed by atoms with Gasteiger partial charge in [-0.2, -0.15) is 0 Å². The number of carbonyl (C=O) groups is 1. The van der Waals surface area contributed by atoms with Crippen LogP contribution in [0.4, 0.5) is 17.1 Å². The van der Waals surface area contributed by atoms with Crippen molar-refractivity contribution in [1.82, 2.24) is 4.57 Å². The Morgan fingerprint density at radius 1 is 1.08 bits per heavy atom. The highest BCUT2D eigenvalue weighted by molar-refractivity contribution is 5.91. The zero-order valence-electron chi connectivity index (χ0n) is 12.9. The fraction of sp³-hybridized carbons (Fsp3) is 0.0667. The van der Waals surface area contributed by atoms with E-state index in [9.17, 15) is 29.8 Å². The number of non-ortho nitro benzene ring substituents is 2. The zero-order chi connectivity index (χ0) is 18.8. The standard InChI is InChI=1S/C15H10N4O7/c20-14(16-9-2-1-3-10(6-9)18(22)23)8-17-12-5-4-11(19(24)25)7-13(12)26-15(17)21/h1-7H,8H2,(H,16,20). The van der Waals surface area contributed by atoms with Gasteiger partial charge >= 0.3 is 5.76 Å². The minimum atomic E-state index is -0.852. The lowest BCUT2D eigenvalue weighted by Gasteiger charge is -2.05. The molecule has 0 spiro atoms. The highest BCUT2D eigenvalue weighted by atomic mass is 16.6. The number of rotatable bonds is 5. The van der Waals surface area contributed by atoms with Crippen LogP contribution in [-0.4, -0.2) is 20.3 Å². The van der Waals surface area contributed by atoms with Crippen LogP contribution >= 0.6 is 0 Å². The number of nitrogens with zero attached hydrogens (tertiary/aromatic N) is 3. The van der Waals surface area contributed by atoms with Crippen LogP contribution in [0.3, 0.4) is 0 Å². The minimum Gasteiger partial charge on any atom is -0.407 e. The predicted octanol–water partition coefficient (Wildman–Crippen LogP) is 2.05. The van der Waals surface area contributed by atoms with E-state index in [2.05, 4.69) is 5.32 Å². The number of anilines is 1. The molecule has 0 saturated heterocycles. The molecule has 1 amide bonds. The number of aromatic nitrogens is 1. The van der Waals surface area contributed by atoms with E-state index in [0.717, 1.165) is 10.6 Å². The van der Waals surface area contributed by atoms with Gasteiger partial charge in [-0.3, -0.25) is 29.6 Å². The molecule has 0 aliphatic rings. The van der Waals surface area contributed by atoms with E-state index in [0.29, 0.717) is 0 Å². The average molecular weight is 358 g/mol. The number of carbonyl (C=O) groups excluding carboxylic acids is 1. The maximum Gasteiger partial charge on any atom is 0.420 e. The fourth-order valence-electron chi connectivity index (χ4n) is 2.36. The molecule has 1 N–H and O–H groups in total. The Morgan fingerprint density at radius 3 is 2.46 bits per heavy atom. The summed E-state index contributed by atoms with van der Waals surface area (Å²) in [5, 5.41) is 24.0. The Labute approximate surface area is 143 Å². The molecule has 1 aromatic heterocycles. The van der Waals surface area contributed by atoms with Crippen LogP contribution in [0.25, 0.3) is 11.1 Å². The molecule has 0 aliphatic carbocycles. The lowest BCUT2D eigenvalue weighted by atomic mass is 10.2. The van der Waals surface area contributed by atoms with Crippen LogP contribution < -0.4 is 11.1 Å². The fourth-order valence-corrected chi connectivity index (χ4v) is 2.36. The van der Waals surface area contributed by atoms with Crippen molar-refractivity contribution in [1.29, 1.82) is 0 Å². The summed E-state index contributed by atoms with van der Waals surface area (Å²) in [5.41, 5.74) is -0.0525. The first-order chi connectivity index (χ1) is 12.3. The van der Waals surface area contributed by atoms with Gasteiger partial charge in [0.2, 0.25) is 5.91 Å². The number of amides is 1. The first-order valence-electron chi connectivity index (χ1n) is 7.17. The lowest BCUT2D eigenvalue weighted by molar-refractivity contribution is -0.384. The van der Waals surface area contributed by atoms with Gasteiger partial charge < -0.3 is 9.73 Å². The van der Waals surface area contributed by atoms with Gasteiger partial charge in [0.05, 0.1) is 21.4 Å². The van der Waals surface area contributed by atoms with Crippen LogP contribution in [0.15, 0.2) is 51.7 Å². The Hall–Kier alpha value is -4.02. The van der Waals surface area contributed by atoms with Crippen molar-refractivity contribution < 1.29 is 19.1 Å². The van der Waals surface area contributed by atoms with Crippen LogP contribution in [0.2, 0.25) is 0 Å². The van der Waals surface area contributed by atoms with Crippen molar-refractivity contribution in [2.24, 2.45) is 0 Å². The number of fused-ring (bicyclic) bond motifs is 1. The van der Waals surface area contributed by atoms with Gasteiger partial charge in [-0.15, -0.1) is 0 Å². The van der Waals surface area contributed by atoms with Crippen molar-refractivity contribution >= 4 is 34.1 Å². The van der Waals surface area contributed by atoms with E-state index in [4.69, 9.17) is 4.42 Å². The number of hydrogen-bond acceptors (Lipinski definition) is 7. The van der Waals surface area contributed by atoms with E-state index in [1.54, 1.807) is 0 Å². The SMILES string of the molecule is O=C(Cn1c(=O)oc2cc([N+](=O)[O-])ccc21)Nc1cccc([N+](=O)[O-])c1. The number of nitro benzene ring substituents is 2. The molecule has 0 fully saturated rings. The molecule has 0 aliphatic heterocycles. The molecule has 26 heavy (non-hydrogen) atoms. The Morgan fingerprint density at radius 2 is 1.77 bits per heavy atom. The summed E-state index contributed by atoms with van der Waals surface area (Å²) in [6, 6.07) is 8.90. The maximum atomic E-state index is 12.1. The molecule has 0 saturated carbocycles. The zero-order valence-corrected chi connectivity index (χ0v) is 12.9.